The van der Waals surface area contributed by atoms with Crippen LogP contribution in [0.15, 0.2) is 47.9 Å². The normalized spacial score (nSPS) is 14.9. The zero-order chi connectivity index (χ0) is 13.1. The average Bonchev–Trinajstić information content (AvgIpc) is 3.02. The van der Waals surface area contributed by atoms with Gasteiger partial charge in [0.1, 0.15) is 0 Å². The summed E-state index contributed by atoms with van der Waals surface area (Å²) in [6.45, 7) is 1.98. The van der Waals surface area contributed by atoms with Gasteiger partial charge < -0.3 is 4.90 Å². The van der Waals surface area contributed by atoms with Gasteiger partial charge in [-0.3, -0.25) is 0 Å². The number of nitriles is 1. The van der Waals surface area contributed by atoms with Crippen molar-refractivity contribution in [2.75, 3.05) is 18.0 Å². The Morgan fingerprint density at radius 2 is 2.00 bits per heavy atom. The average molecular weight is 266 g/mol. The van der Waals surface area contributed by atoms with Gasteiger partial charge in [-0.1, -0.05) is 12.1 Å². The minimum atomic E-state index is 0.718. The van der Waals surface area contributed by atoms with E-state index in [1.54, 1.807) is 0 Å². The van der Waals surface area contributed by atoms with Crippen LogP contribution in [0, 0.1) is 11.3 Å². The third-order valence-corrected chi connectivity index (χ3v) is 4.35. The van der Waals surface area contributed by atoms with Crippen molar-refractivity contribution in [1.82, 2.24) is 0 Å². The SMILES string of the molecule is N#Cc1ccc(N2CC=C(c3cccs3)CC2)cc1. The van der Waals surface area contributed by atoms with E-state index in [0.717, 1.165) is 25.1 Å². The second-order valence-electron chi connectivity index (χ2n) is 4.56. The first-order valence-electron chi connectivity index (χ1n) is 6.35. The number of hydrogen-bond donors (Lipinski definition) is 0. The molecule has 19 heavy (non-hydrogen) atoms. The molecule has 0 bridgehead atoms. The molecule has 0 fully saturated rings. The third kappa shape index (κ3) is 2.54. The van der Waals surface area contributed by atoms with Gasteiger partial charge in [0.25, 0.3) is 0 Å². The van der Waals surface area contributed by atoms with E-state index in [-0.39, 0.29) is 0 Å². The Bertz CT molecular complexity index is 618. The van der Waals surface area contributed by atoms with Crippen molar-refractivity contribution in [3.05, 3.63) is 58.3 Å². The Hall–Kier alpha value is -2.05. The monoisotopic (exact) mass is 266 g/mol. The molecule has 0 amide bonds. The van der Waals surface area contributed by atoms with E-state index in [4.69, 9.17) is 5.26 Å². The summed E-state index contributed by atoms with van der Waals surface area (Å²) in [5, 5.41) is 10.9. The van der Waals surface area contributed by atoms with Crippen LogP contribution in [0.1, 0.15) is 16.9 Å². The zero-order valence-corrected chi connectivity index (χ0v) is 11.4. The maximum atomic E-state index is 8.81. The van der Waals surface area contributed by atoms with Crippen LogP contribution in [0.2, 0.25) is 0 Å². The van der Waals surface area contributed by atoms with Crippen LogP contribution in [-0.2, 0) is 0 Å². The smallest absolute Gasteiger partial charge is 0.0991 e. The molecule has 0 aliphatic carbocycles. The maximum Gasteiger partial charge on any atom is 0.0991 e. The van der Waals surface area contributed by atoms with Crippen molar-refractivity contribution in [3.63, 3.8) is 0 Å². The van der Waals surface area contributed by atoms with Crippen LogP contribution in [0.4, 0.5) is 5.69 Å². The van der Waals surface area contributed by atoms with Gasteiger partial charge in [-0.2, -0.15) is 5.26 Å². The largest absolute Gasteiger partial charge is 0.367 e. The Balaban J connectivity index is 1.74. The number of hydrogen-bond acceptors (Lipinski definition) is 3. The van der Waals surface area contributed by atoms with E-state index in [1.807, 2.05) is 35.6 Å². The fourth-order valence-electron chi connectivity index (χ4n) is 2.34. The summed E-state index contributed by atoms with van der Waals surface area (Å²) < 4.78 is 0. The molecule has 0 saturated carbocycles. The summed E-state index contributed by atoms with van der Waals surface area (Å²) in [4.78, 5) is 3.73. The lowest BCUT2D eigenvalue weighted by Crippen LogP contribution is -2.27. The van der Waals surface area contributed by atoms with Crippen LogP contribution in [0.25, 0.3) is 5.57 Å². The molecule has 3 heteroatoms. The molecular formula is C16H14N2S. The Kier molecular flexibility index (Phi) is 3.35. The summed E-state index contributed by atoms with van der Waals surface area (Å²) in [7, 11) is 0. The molecule has 0 radical (unpaired) electrons. The molecule has 2 nitrogen and oxygen atoms in total. The fraction of sp³-hybridized carbons (Fsp3) is 0.188. The first kappa shape index (κ1) is 12.0. The molecule has 2 heterocycles. The molecule has 3 rings (SSSR count). The van der Waals surface area contributed by atoms with Crippen LogP contribution < -0.4 is 4.90 Å². The highest BCUT2D eigenvalue weighted by molar-refractivity contribution is 7.11. The summed E-state index contributed by atoms with van der Waals surface area (Å²) in [5.74, 6) is 0. The van der Waals surface area contributed by atoms with Crippen LogP contribution >= 0.6 is 11.3 Å². The third-order valence-electron chi connectivity index (χ3n) is 3.41. The number of benzene rings is 1. The molecule has 1 aliphatic heterocycles. The minimum Gasteiger partial charge on any atom is -0.367 e. The van der Waals surface area contributed by atoms with Crippen molar-refractivity contribution >= 4 is 22.6 Å². The molecule has 0 unspecified atom stereocenters. The standard InChI is InChI=1S/C16H14N2S/c17-12-13-3-5-15(6-4-13)18-9-7-14(8-10-18)16-2-1-11-19-16/h1-7,11H,8-10H2. The number of nitrogens with zero attached hydrogens (tertiary/aromatic N) is 2. The second kappa shape index (κ2) is 5.29. The van der Waals surface area contributed by atoms with Crippen LogP contribution in [0.5, 0.6) is 0 Å². The fourth-order valence-corrected chi connectivity index (χ4v) is 3.13. The van der Waals surface area contributed by atoms with E-state index < -0.39 is 0 Å². The van der Waals surface area contributed by atoms with Crippen molar-refractivity contribution in [1.29, 1.82) is 5.26 Å². The van der Waals surface area contributed by atoms with Crippen LogP contribution in [0.3, 0.4) is 0 Å². The van der Waals surface area contributed by atoms with E-state index in [0.29, 0.717) is 0 Å². The first-order valence-corrected chi connectivity index (χ1v) is 7.23. The van der Waals surface area contributed by atoms with Gasteiger partial charge >= 0.3 is 0 Å². The zero-order valence-electron chi connectivity index (χ0n) is 10.5. The molecule has 0 N–H and O–H groups in total. The van der Waals surface area contributed by atoms with E-state index >= 15 is 0 Å². The van der Waals surface area contributed by atoms with Crippen molar-refractivity contribution in [2.45, 2.75) is 6.42 Å². The van der Waals surface area contributed by atoms with Gasteiger partial charge in [-0.05, 0) is 47.7 Å². The molecule has 1 aromatic carbocycles. The second-order valence-corrected chi connectivity index (χ2v) is 5.51. The Morgan fingerprint density at radius 3 is 2.58 bits per heavy atom. The van der Waals surface area contributed by atoms with Crippen LogP contribution in [-0.4, -0.2) is 13.1 Å². The highest BCUT2D eigenvalue weighted by atomic mass is 32.1. The lowest BCUT2D eigenvalue weighted by molar-refractivity contribution is 0.834. The molecule has 2 aromatic rings. The molecule has 0 spiro atoms. The molecular weight excluding hydrogens is 252 g/mol. The van der Waals surface area contributed by atoms with Crippen molar-refractivity contribution in [3.8, 4) is 6.07 Å². The Morgan fingerprint density at radius 1 is 1.16 bits per heavy atom. The van der Waals surface area contributed by atoms with Gasteiger partial charge in [0.15, 0.2) is 0 Å². The molecule has 94 valence electrons. The molecule has 0 atom stereocenters. The number of thiophene rings is 1. The molecule has 1 aliphatic rings. The highest BCUT2D eigenvalue weighted by Gasteiger charge is 2.13. The van der Waals surface area contributed by atoms with Gasteiger partial charge in [-0.25, -0.2) is 0 Å². The number of rotatable bonds is 2. The predicted octanol–water partition coefficient (Wildman–Crippen LogP) is 3.91. The maximum absolute atomic E-state index is 8.81. The van der Waals surface area contributed by atoms with E-state index in [1.165, 1.54) is 16.1 Å². The lowest BCUT2D eigenvalue weighted by atomic mass is 10.1. The van der Waals surface area contributed by atoms with E-state index in [2.05, 4.69) is 34.6 Å². The number of anilines is 1. The first-order chi connectivity index (χ1) is 9.36. The van der Waals surface area contributed by atoms with Gasteiger partial charge in [0.05, 0.1) is 11.6 Å². The topological polar surface area (TPSA) is 27.0 Å². The summed E-state index contributed by atoms with van der Waals surface area (Å²) in [5.41, 5.74) is 3.37. The highest BCUT2D eigenvalue weighted by Crippen LogP contribution is 2.28. The quantitative estimate of drug-likeness (QED) is 0.824. The minimum absolute atomic E-state index is 0.718. The summed E-state index contributed by atoms with van der Waals surface area (Å²) in [6.07, 6.45) is 3.40. The Labute approximate surface area is 117 Å². The van der Waals surface area contributed by atoms with Gasteiger partial charge in [0, 0.05) is 23.7 Å². The summed E-state index contributed by atoms with van der Waals surface area (Å²) >= 11 is 1.81. The molecule has 0 saturated heterocycles. The van der Waals surface area contributed by atoms with Crippen molar-refractivity contribution in [2.24, 2.45) is 0 Å². The van der Waals surface area contributed by atoms with Gasteiger partial charge in [-0.15, -0.1) is 11.3 Å². The van der Waals surface area contributed by atoms with E-state index in [9.17, 15) is 0 Å². The van der Waals surface area contributed by atoms with Crippen molar-refractivity contribution < 1.29 is 0 Å². The molecule has 1 aromatic heterocycles. The van der Waals surface area contributed by atoms with Gasteiger partial charge in [0.2, 0.25) is 0 Å². The predicted molar refractivity (Wildman–Crippen MR) is 80.3 cm³/mol. The lowest BCUT2D eigenvalue weighted by Gasteiger charge is -2.28. The summed E-state index contributed by atoms with van der Waals surface area (Å²) in [6, 6.07) is 14.3.